The van der Waals surface area contributed by atoms with Gasteiger partial charge in [0.2, 0.25) is 0 Å². The van der Waals surface area contributed by atoms with Gasteiger partial charge in [-0.05, 0) is 40.5 Å². The number of aromatic nitrogens is 2. The Bertz CT molecular complexity index is 705. The standard InChI is InChI=1S/C20H36N6O2.HI/c1-8-16-15(17(9-2)25(7)24-16)11-22-18(21-10-3)23-14-12-26(13-14)19(27)28-20(4,5)6;/h14H,8-13H2,1-7H3,(H2,21,22,23);1H. The van der Waals surface area contributed by atoms with Crippen LogP contribution in [-0.4, -0.2) is 58.0 Å². The van der Waals surface area contributed by atoms with E-state index in [4.69, 9.17) is 9.73 Å². The molecule has 2 rings (SSSR count). The van der Waals surface area contributed by atoms with Crippen LogP contribution in [0.15, 0.2) is 4.99 Å². The maximum atomic E-state index is 12.1. The summed E-state index contributed by atoms with van der Waals surface area (Å²) < 4.78 is 7.37. The van der Waals surface area contributed by atoms with E-state index in [1.807, 2.05) is 39.4 Å². The first-order valence-electron chi connectivity index (χ1n) is 10.2. The molecule has 0 radical (unpaired) electrons. The Hall–Kier alpha value is -1.52. The number of ether oxygens (including phenoxy) is 1. The number of aliphatic imine (C=N–C) groups is 1. The Kier molecular flexibility index (Phi) is 9.70. The van der Waals surface area contributed by atoms with Crippen molar-refractivity contribution in [3.8, 4) is 0 Å². The van der Waals surface area contributed by atoms with Crippen LogP contribution in [0.4, 0.5) is 4.79 Å². The second-order valence-corrected chi connectivity index (χ2v) is 8.12. The van der Waals surface area contributed by atoms with Gasteiger partial charge in [-0.1, -0.05) is 13.8 Å². The van der Waals surface area contributed by atoms with Crippen molar-refractivity contribution >= 4 is 36.0 Å². The molecule has 2 N–H and O–H groups in total. The van der Waals surface area contributed by atoms with Crippen molar-refractivity contribution in [1.29, 1.82) is 0 Å². The Morgan fingerprint density at radius 3 is 2.41 bits per heavy atom. The number of nitrogens with one attached hydrogen (secondary N) is 2. The molecule has 1 aromatic rings. The summed E-state index contributed by atoms with van der Waals surface area (Å²) in [5.74, 6) is 0.768. The number of likely N-dealkylation sites (tertiary alicyclic amines) is 1. The summed E-state index contributed by atoms with van der Waals surface area (Å²) >= 11 is 0. The van der Waals surface area contributed by atoms with Gasteiger partial charge in [0.15, 0.2) is 5.96 Å². The molecule has 0 aliphatic carbocycles. The van der Waals surface area contributed by atoms with Crippen LogP contribution >= 0.6 is 24.0 Å². The number of nitrogens with zero attached hydrogens (tertiary/aromatic N) is 4. The lowest BCUT2D eigenvalue weighted by molar-refractivity contribution is 0.00700. The summed E-state index contributed by atoms with van der Waals surface area (Å²) in [5, 5.41) is 11.3. The Morgan fingerprint density at radius 2 is 1.90 bits per heavy atom. The molecule has 0 bridgehead atoms. The lowest BCUT2D eigenvalue weighted by Crippen LogP contribution is -2.63. The number of carbonyl (C=O) groups excluding carboxylic acids is 1. The van der Waals surface area contributed by atoms with Crippen LogP contribution < -0.4 is 10.6 Å². The van der Waals surface area contributed by atoms with Gasteiger partial charge in [-0.15, -0.1) is 24.0 Å². The maximum absolute atomic E-state index is 12.1. The number of hydrogen-bond donors (Lipinski definition) is 2. The summed E-state index contributed by atoms with van der Waals surface area (Å²) in [5.41, 5.74) is 3.09. The quantitative estimate of drug-likeness (QED) is 0.343. The largest absolute Gasteiger partial charge is 0.444 e. The molecule has 1 aliphatic rings. The maximum Gasteiger partial charge on any atom is 0.410 e. The fraction of sp³-hybridized carbons (Fsp3) is 0.750. The molecule has 0 unspecified atom stereocenters. The second-order valence-electron chi connectivity index (χ2n) is 8.12. The molecule has 29 heavy (non-hydrogen) atoms. The van der Waals surface area contributed by atoms with Gasteiger partial charge in [-0.2, -0.15) is 5.10 Å². The highest BCUT2D eigenvalue weighted by atomic mass is 127. The number of halogens is 1. The summed E-state index contributed by atoms with van der Waals surface area (Å²) in [6, 6.07) is 0.176. The minimum Gasteiger partial charge on any atom is -0.444 e. The van der Waals surface area contributed by atoms with Gasteiger partial charge in [0.25, 0.3) is 0 Å². The number of amides is 1. The zero-order valence-electron chi connectivity index (χ0n) is 18.8. The molecular formula is C20H37IN6O2. The predicted molar refractivity (Wildman–Crippen MR) is 127 cm³/mol. The van der Waals surface area contributed by atoms with E-state index in [1.54, 1.807) is 4.90 Å². The molecule has 0 spiro atoms. The Labute approximate surface area is 191 Å². The first kappa shape index (κ1) is 25.5. The highest BCUT2D eigenvalue weighted by Crippen LogP contribution is 2.17. The molecule has 1 fully saturated rings. The Morgan fingerprint density at radius 1 is 1.24 bits per heavy atom. The molecular weight excluding hydrogens is 483 g/mol. The van der Waals surface area contributed by atoms with Crippen LogP contribution in [-0.2, 0) is 31.2 Å². The average Bonchev–Trinajstić information content (AvgIpc) is 2.88. The van der Waals surface area contributed by atoms with Crippen LogP contribution in [0.2, 0.25) is 0 Å². The topological polar surface area (TPSA) is 83.8 Å². The van der Waals surface area contributed by atoms with Crippen molar-refractivity contribution in [3.63, 3.8) is 0 Å². The molecule has 1 aromatic heterocycles. The fourth-order valence-corrected chi connectivity index (χ4v) is 3.29. The van der Waals surface area contributed by atoms with E-state index < -0.39 is 5.60 Å². The van der Waals surface area contributed by atoms with E-state index in [9.17, 15) is 4.79 Å². The third kappa shape index (κ3) is 7.04. The summed E-state index contributed by atoms with van der Waals surface area (Å²) in [4.78, 5) is 18.6. The normalized spacial score (nSPS) is 14.9. The van der Waals surface area contributed by atoms with E-state index in [0.29, 0.717) is 19.6 Å². The molecule has 8 nitrogen and oxygen atoms in total. The number of hydrogen-bond acceptors (Lipinski definition) is 4. The van der Waals surface area contributed by atoms with E-state index >= 15 is 0 Å². The SMILES string of the molecule is CCNC(=NCc1c(CC)nn(C)c1CC)NC1CN(C(=O)OC(C)(C)C)C1.I. The lowest BCUT2D eigenvalue weighted by Gasteiger charge is -2.40. The van der Waals surface area contributed by atoms with Crippen molar-refractivity contribution < 1.29 is 9.53 Å². The van der Waals surface area contributed by atoms with Crippen LogP contribution in [0.3, 0.4) is 0 Å². The van der Waals surface area contributed by atoms with E-state index in [1.165, 1.54) is 11.3 Å². The van der Waals surface area contributed by atoms with E-state index in [2.05, 4.69) is 29.6 Å². The van der Waals surface area contributed by atoms with Crippen molar-refractivity contribution in [3.05, 3.63) is 17.0 Å². The monoisotopic (exact) mass is 520 g/mol. The van der Waals surface area contributed by atoms with Gasteiger partial charge >= 0.3 is 6.09 Å². The molecule has 1 saturated heterocycles. The van der Waals surface area contributed by atoms with E-state index in [-0.39, 0.29) is 36.1 Å². The summed E-state index contributed by atoms with van der Waals surface area (Å²) in [6.07, 6.45) is 1.57. The van der Waals surface area contributed by atoms with E-state index in [0.717, 1.165) is 31.0 Å². The minimum atomic E-state index is -0.469. The summed E-state index contributed by atoms with van der Waals surface area (Å²) in [7, 11) is 1.99. The first-order chi connectivity index (χ1) is 13.2. The zero-order chi connectivity index (χ0) is 20.9. The Balaban J connectivity index is 0.00000420. The predicted octanol–water partition coefficient (Wildman–Crippen LogP) is 2.84. The number of guanidine groups is 1. The molecule has 0 aromatic carbocycles. The third-order valence-electron chi connectivity index (χ3n) is 4.64. The number of rotatable bonds is 6. The molecule has 9 heteroatoms. The highest BCUT2D eigenvalue weighted by molar-refractivity contribution is 14.0. The molecule has 0 atom stereocenters. The van der Waals surface area contributed by atoms with Gasteiger partial charge in [-0.25, -0.2) is 9.79 Å². The highest BCUT2D eigenvalue weighted by Gasteiger charge is 2.34. The van der Waals surface area contributed by atoms with Gasteiger partial charge < -0.3 is 20.3 Å². The van der Waals surface area contributed by atoms with Crippen molar-refractivity contribution in [2.24, 2.45) is 12.0 Å². The van der Waals surface area contributed by atoms with Gasteiger partial charge in [0.05, 0.1) is 18.3 Å². The van der Waals surface area contributed by atoms with Crippen LogP contribution in [0, 0.1) is 0 Å². The fourth-order valence-electron chi connectivity index (χ4n) is 3.29. The molecule has 1 amide bonds. The molecule has 0 saturated carbocycles. The smallest absolute Gasteiger partial charge is 0.410 e. The molecule has 2 heterocycles. The first-order valence-corrected chi connectivity index (χ1v) is 10.2. The van der Waals surface area contributed by atoms with Gasteiger partial charge in [-0.3, -0.25) is 4.68 Å². The van der Waals surface area contributed by atoms with Crippen molar-refractivity contribution in [1.82, 2.24) is 25.3 Å². The average molecular weight is 520 g/mol. The van der Waals surface area contributed by atoms with Crippen LogP contribution in [0.25, 0.3) is 0 Å². The van der Waals surface area contributed by atoms with Crippen molar-refractivity contribution in [2.75, 3.05) is 19.6 Å². The summed E-state index contributed by atoms with van der Waals surface area (Å²) in [6.45, 7) is 14.6. The van der Waals surface area contributed by atoms with Crippen LogP contribution in [0.5, 0.6) is 0 Å². The van der Waals surface area contributed by atoms with Crippen molar-refractivity contribution in [2.45, 2.75) is 72.6 Å². The van der Waals surface area contributed by atoms with Gasteiger partial charge in [0.1, 0.15) is 5.60 Å². The lowest BCUT2D eigenvalue weighted by atomic mass is 10.1. The number of carbonyl (C=O) groups is 1. The second kappa shape index (κ2) is 11.0. The third-order valence-corrected chi connectivity index (χ3v) is 4.64. The zero-order valence-corrected chi connectivity index (χ0v) is 21.2. The number of aryl methyl sites for hydroxylation is 2. The minimum absolute atomic E-state index is 0. The molecule has 1 aliphatic heterocycles. The van der Waals surface area contributed by atoms with Crippen LogP contribution in [0.1, 0.15) is 58.5 Å². The van der Waals surface area contributed by atoms with Gasteiger partial charge in [0, 0.05) is 37.9 Å². The molecule has 166 valence electrons.